The number of carbonyl (C=O) groups excluding carboxylic acids is 2. The molecule has 10 heteroatoms. The van der Waals surface area contributed by atoms with Crippen molar-refractivity contribution < 1.29 is 27.9 Å². The third-order valence-corrected chi connectivity index (χ3v) is 8.70. The average molecular weight is 581 g/mol. The number of sulfone groups is 1. The predicted molar refractivity (Wildman–Crippen MR) is 154 cm³/mol. The number of ether oxygens (including phenoxy) is 1. The highest BCUT2D eigenvalue weighted by Gasteiger charge is 2.51. The molecule has 1 unspecified atom stereocenters. The molecule has 8 nitrogen and oxygen atoms in total. The normalized spacial score (nSPS) is 19.6. The number of likely N-dealkylation sites (tertiary alicyclic amines) is 1. The van der Waals surface area contributed by atoms with E-state index in [2.05, 4.69) is 5.32 Å². The highest BCUT2D eigenvalue weighted by molar-refractivity contribution is 7.90. The SMILES string of the molecule is Cc1cc(-c2cccc(S(C)(=O)=O)c2)c(Cl)cc1C1=C(O)C2(CCCN(CC(=O)Nc3ccccc3)C2)OC1=O. The molecule has 1 amide bonds. The van der Waals surface area contributed by atoms with Crippen LogP contribution < -0.4 is 5.32 Å². The van der Waals surface area contributed by atoms with E-state index in [4.69, 9.17) is 16.3 Å². The quantitative estimate of drug-likeness (QED) is 0.394. The van der Waals surface area contributed by atoms with Crippen LogP contribution in [0.25, 0.3) is 16.7 Å². The maximum absolute atomic E-state index is 13.2. The Balaban J connectivity index is 1.41. The van der Waals surface area contributed by atoms with Crippen LogP contribution >= 0.6 is 11.6 Å². The van der Waals surface area contributed by atoms with Crippen LogP contribution in [0.5, 0.6) is 0 Å². The van der Waals surface area contributed by atoms with Crippen molar-refractivity contribution in [2.75, 3.05) is 31.2 Å². The van der Waals surface area contributed by atoms with Crippen molar-refractivity contribution in [3.8, 4) is 11.1 Å². The zero-order chi connectivity index (χ0) is 28.7. The van der Waals surface area contributed by atoms with E-state index < -0.39 is 21.4 Å². The minimum atomic E-state index is -3.41. The Morgan fingerprint density at radius 2 is 1.85 bits per heavy atom. The molecule has 2 aliphatic heterocycles. The van der Waals surface area contributed by atoms with Crippen LogP contribution in [0.1, 0.15) is 24.0 Å². The first-order valence-corrected chi connectivity index (χ1v) is 15.1. The maximum atomic E-state index is 13.2. The van der Waals surface area contributed by atoms with E-state index in [-0.39, 0.29) is 35.2 Å². The number of rotatable bonds is 6. The number of amides is 1. The first-order valence-electron chi connectivity index (χ1n) is 12.8. The molecule has 2 heterocycles. The number of nitrogens with one attached hydrogen (secondary N) is 1. The molecule has 0 saturated carbocycles. The van der Waals surface area contributed by atoms with Gasteiger partial charge in [0.15, 0.2) is 21.2 Å². The predicted octanol–water partition coefficient (Wildman–Crippen LogP) is 5.02. The fourth-order valence-electron chi connectivity index (χ4n) is 5.35. The third kappa shape index (κ3) is 5.50. The number of halogens is 1. The monoisotopic (exact) mass is 580 g/mol. The first kappa shape index (κ1) is 27.9. The Bertz CT molecular complexity index is 1640. The van der Waals surface area contributed by atoms with E-state index in [0.717, 1.165) is 6.26 Å². The van der Waals surface area contributed by atoms with Gasteiger partial charge in [-0.05, 0) is 79.4 Å². The van der Waals surface area contributed by atoms with Crippen molar-refractivity contribution in [2.24, 2.45) is 0 Å². The second kappa shape index (κ2) is 10.7. The number of benzene rings is 3. The van der Waals surface area contributed by atoms with Gasteiger partial charge in [-0.25, -0.2) is 13.2 Å². The van der Waals surface area contributed by atoms with Gasteiger partial charge in [0.05, 0.1) is 11.4 Å². The molecule has 1 fully saturated rings. The zero-order valence-corrected chi connectivity index (χ0v) is 23.7. The number of para-hydroxylation sites is 1. The summed E-state index contributed by atoms with van der Waals surface area (Å²) in [5.41, 5.74) is 1.80. The van der Waals surface area contributed by atoms with Gasteiger partial charge >= 0.3 is 5.97 Å². The molecule has 1 saturated heterocycles. The molecule has 208 valence electrons. The topological polar surface area (TPSA) is 113 Å². The van der Waals surface area contributed by atoms with Gasteiger partial charge in [0, 0.05) is 29.1 Å². The second-order valence-corrected chi connectivity index (χ2v) is 12.7. The molecule has 5 rings (SSSR count). The summed E-state index contributed by atoms with van der Waals surface area (Å²) in [7, 11) is -3.41. The van der Waals surface area contributed by atoms with E-state index in [1.54, 1.807) is 49.4 Å². The largest absolute Gasteiger partial charge is 0.507 e. The number of aryl methyl sites for hydroxylation is 1. The Hall–Kier alpha value is -3.66. The van der Waals surface area contributed by atoms with Crippen LogP contribution in [-0.4, -0.2) is 61.8 Å². The molecular formula is C30H29ClN2O6S. The summed E-state index contributed by atoms with van der Waals surface area (Å²) in [5, 5.41) is 14.6. The van der Waals surface area contributed by atoms with Crippen LogP contribution in [0.15, 0.2) is 77.4 Å². The number of nitrogens with zero attached hydrogens (tertiary/aromatic N) is 1. The minimum absolute atomic E-state index is 0.0476. The van der Waals surface area contributed by atoms with Crippen LogP contribution in [0, 0.1) is 6.92 Å². The number of aliphatic hydroxyl groups is 1. The third-order valence-electron chi connectivity index (χ3n) is 7.28. The van der Waals surface area contributed by atoms with E-state index in [0.29, 0.717) is 52.4 Å². The number of aliphatic hydroxyl groups excluding tert-OH is 1. The van der Waals surface area contributed by atoms with Gasteiger partial charge in [-0.1, -0.05) is 41.9 Å². The average Bonchev–Trinajstić information content (AvgIpc) is 3.13. The summed E-state index contributed by atoms with van der Waals surface area (Å²) in [4.78, 5) is 27.8. The first-order chi connectivity index (χ1) is 19.0. The van der Waals surface area contributed by atoms with Crippen LogP contribution in [0.3, 0.4) is 0 Å². The van der Waals surface area contributed by atoms with Gasteiger partial charge in [-0.2, -0.15) is 0 Å². The number of hydrogen-bond acceptors (Lipinski definition) is 7. The molecule has 2 aliphatic rings. The lowest BCUT2D eigenvalue weighted by molar-refractivity contribution is -0.151. The van der Waals surface area contributed by atoms with Crippen molar-refractivity contribution in [1.82, 2.24) is 4.90 Å². The molecule has 0 bridgehead atoms. The van der Waals surface area contributed by atoms with Gasteiger partial charge in [-0.3, -0.25) is 9.69 Å². The minimum Gasteiger partial charge on any atom is -0.507 e. The highest BCUT2D eigenvalue weighted by atomic mass is 35.5. The zero-order valence-electron chi connectivity index (χ0n) is 22.1. The van der Waals surface area contributed by atoms with E-state index >= 15 is 0 Å². The van der Waals surface area contributed by atoms with Crippen molar-refractivity contribution in [1.29, 1.82) is 0 Å². The summed E-state index contributed by atoms with van der Waals surface area (Å²) in [6.07, 6.45) is 2.19. The lowest BCUT2D eigenvalue weighted by Gasteiger charge is -2.38. The molecule has 0 aliphatic carbocycles. The van der Waals surface area contributed by atoms with E-state index in [9.17, 15) is 23.1 Å². The second-order valence-electron chi connectivity index (χ2n) is 10.3. The fourth-order valence-corrected chi connectivity index (χ4v) is 6.29. The molecular weight excluding hydrogens is 552 g/mol. The maximum Gasteiger partial charge on any atom is 0.343 e. The number of carbonyl (C=O) groups is 2. The Kier molecular flexibility index (Phi) is 7.48. The fraction of sp³-hybridized carbons (Fsp3) is 0.267. The molecule has 2 N–H and O–H groups in total. The van der Waals surface area contributed by atoms with Crippen molar-refractivity contribution in [3.05, 3.63) is 88.6 Å². The lowest BCUT2D eigenvalue weighted by atomic mass is 9.87. The number of esters is 1. The number of anilines is 1. The summed E-state index contributed by atoms with van der Waals surface area (Å²) in [6, 6.07) is 19.0. The molecule has 1 atom stereocenters. The lowest BCUT2D eigenvalue weighted by Crippen LogP contribution is -2.51. The summed E-state index contributed by atoms with van der Waals surface area (Å²) in [6.45, 7) is 2.67. The van der Waals surface area contributed by atoms with Crippen LogP contribution in [0.4, 0.5) is 5.69 Å². The summed E-state index contributed by atoms with van der Waals surface area (Å²) < 4.78 is 29.9. The number of piperidine rings is 1. The van der Waals surface area contributed by atoms with Crippen molar-refractivity contribution >= 4 is 44.6 Å². The Labute approximate surface area is 238 Å². The Morgan fingerprint density at radius 3 is 2.58 bits per heavy atom. The molecule has 3 aromatic rings. The number of hydrogen-bond donors (Lipinski definition) is 2. The van der Waals surface area contributed by atoms with Crippen LogP contribution in [-0.2, 0) is 24.2 Å². The summed E-state index contributed by atoms with van der Waals surface area (Å²) >= 11 is 6.64. The standard InChI is InChI=1S/C30H29ClN2O6S/c1-19-14-24(20-8-6-11-22(15-20)40(2,37)38)25(31)16-23(19)27-28(35)30(39-29(27)36)12-7-13-33(18-30)17-26(34)32-21-9-4-3-5-10-21/h3-6,8-11,14-16,35H,7,12-13,17-18H2,1-2H3,(H,32,34). The molecule has 3 aromatic carbocycles. The highest BCUT2D eigenvalue weighted by Crippen LogP contribution is 2.44. The van der Waals surface area contributed by atoms with Gasteiger partial charge in [0.1, 0.15) is 5.57 Å². The smallest absolute Gasteiger partial charge is 0.343 e. The van der Waals surface area contributed by atoms with Gasteiger partial charge in [-0.15, -0.1) is 0 Å². The molecule has 1 spiro atoms. The summed E-state index contributed by atoms with van der Waals surface area (Å²) in [5.74, 6) is -1.02. The molecule has 0 aromatic heterocycles. The van der Waals surface area contributed by atoms with Crippen LogP contribution in [0.2, 0.25) is 5.02 Å². The van der Waals surface area contributed by atoms with E-state index in [1.807, 2.05) is 23.1 Å². The van der Waals surface area contributed by atoms with E-state index in [1.165, 1.54) is 6.07 Å². The van der Waals surface area contributed by atoms with Gasteiger partial charge < -0.3 is 15.2 Å². The molecule has 40 heavy (non-hydrogen) atoms. The van der Waals surface area contributed by atoms with Crippen molar-refractivity contribution in [2.45, 2.75) is 30.3 Å². The van der Waals surface area contributed by atoms with Gasteiger partial charge in [0.2, 0.25) is 5.91 Å². The van der Waals surface area contributed by atoms with Crippen molar-refractivity contribution in [3.63, 3.8) is 0 Å². The Morgan fingerprint density at radius 1 is 1.10 bits per heavy atom. The molecule has 0 radical (unpaired) electrons. The van der Waals surface area contributed by atoms with Gasteiger partial charge in [0.25, 0.3) is 0 Å².